The lowest BCUT2D eigenvalue weighted by Crippen LogP contribution is -2.35. The van der Waals surface area contributed by atoms with Crippen LogP contribution in [-0.4, -0.2) is 30.4 Å². The monoisotopic (exact) mass is 322 g/mol. The van der Waals surface area contributed by atoms with Crippen LogP contribution in [0.1, 0.15) is 30.6 Å². The highest BCUT2D eigenvalue weighted by Crippen LogP contribution is 2.16. The van der Waals surface area contributed by atoms with Crippen LogP contribution in [0.25, 0.3) is 0 Å². The van der Waals surface area contributed by atoms with Gasteiger partial charge in [0.2, 0.25) is 0 Å². The molecule has 0 radical (unpaired) electrons. The molecule has 1 rings (SSSR count). The molecule has 0 aliphatic heterocycles. The highest BCUT2D eigenvalue weighted by atomic mass is 35.5. The Hall–Kier alpha value is -0.840. The molecule has 3 nitrogen and oxygen atoms in total. The van der Waals surface area contributed by atoms with Gasteiger partial charge in [0.25, 0.3) is 5.91 Å². The first kappa shape index (κ1) is 19.2. The average molecular weight is 323 g/mol. The lowest BCUT2D eigenvalue weighted by Gasteiger charge is -2.21. The van der Waals surface area contributed by atoms with E-state index in [0.717, 1.165) is 0 Å². The number of nitrogens with two attached hydrogens (primary N) is 1. The number of amides is 1. The van der Waals surface area contributed by atoms with Gasteiger partial charge in [-0.1, -0.05) is 25.4 Å². The van der Waals surface area contributed by atoms with E-state index >= 15 is 0 Å². The average Bonchev–Trinajstić information content (AvgIpc) is 2.37. The molecule has 0 aliphatic rings. The molecule has 6 heteroatoms. The van der Waals surface area contributed by atoms with Crippen molar-refractivity contribution in [1.29, 1.82) is 0 Å². The number of nitrogens with zero attached hydrogens (tertiary/aromatic N) is 1. The third-order valence-electron chi connectivity index (χ3n) is 3.16. The molecule has 1 atom stereocenters. The van der Waals surface area contributed by atoms with Crippen molar-refractivity contribution in [3.63, 3.8) is 0 Å². The first-order chi connectivity index (χ1) is 8.82. The van der Waals surface area contributed by atoms with E-state index in [2.05, 4.69) is 0 Å². The van der Waals surface area contributed by atoms with E-state index in [1.165, 1.54) is 23.1 Å². The second-order valence-corrected chi connectivity index (χ2v) is 5.48. The Morgan fingerprint density at radius 1 is 1.45 bits per heavy atom. The van der Waals surface area contributed by atoms with Crippen LogP contribution in [0.15, 0.2) is 18.2 Å². The first-order valence-electron chi connectivity index (χ1n) is 6.29. The largest absolute Gasteiger partial charge is 0.342 e. The zero-order valence-corrected chi connectivity index (χ0v) is 13.5. The summed E-state index contributed by atoms with van der Waals surface area (Å²) >= 11 is 5.78. The van der Waals surface area contributed by atoms with Crippen LogP contribution in [0.5, 0.6) is 0 Å². The summed E-state index contributed by atoms with van der Waals surface area (Å²) < 4.78 is 13.6. The Balaban J connectivity index is 0.00000361. The number of carbonyl (C=O) groups is 1. The molecule has 0 bridgehead atoms. The minimum absolute atomic E-state index is 0. The number of benzene rings is 1. The minimum atomic E-state index is -0.561. The van der Waals surface area contributed by atoms with Crippen LogP contribution in [0.2, 0.25) is 5.02 Å². The fraction of sp³-hybridized carbons (Fsp3) is 0.500. The molecule has 1 amide bonds. The smallest absolute Gasteiger partial charge is 0.256 e. The summed E-state index contributed by atoms with van der Waals surface area (Å²) in [4.78, 5) is 13.6. The van der Waals surface area contributed by atoms with E-state index < -0.39 is 5.82 Å². The Bertz CT molecular complexity index is 455. The standard InChI is InChI=1S/C14H20ClFN2O.ClH/c1-9(2)13(17)6-7-18(3)14(19)11-8-10(15)4-5-12(11)16;/h4-5,8-9,13H,6-7,17H2,1-3H3;1H. The van der Waals surface area contributed by atoms with Crippen LogP contribution in [0, 0.1) is 11.7 Å². The van der Waals surface area contributed by atoms with Crippen molar-refractivity contribution < 1.29 is 9.18 Å². The van der Waals surface area contributed by atoms with E-state index in [0.29, 0.717) is 23.9 Å². The molecule has 0 aromatic heterocycles. The predicted octanol–water partition coefficient (Wildman–Crippen LogP) is 3.35. The normalized spacial score (nSPS) is 11.9. The molecule has 0 heterocycles. The number of rotatable bonds is 5. The number of carbonyl (C=O) groups excluding carboxylic acids is 1. The third kappa shape index (κ3) is 5.27. The lowest BCUT2D eigenvalue weighted by molar-refractivity contribution is 0.0784. The van der Waals surface area contributed by atoms with Gasteiger partial charge in [0, 0.05) is 24.7 Å². The number of halogens is 3. The van der Waals surface area contributed by atoms with E-state index in [-0.39, 0.29) is 29.9 Å². The molecule has 1 aromatic rings. The predicted molar refractivity (Wildman–Crippen MR) is 83.0 cm³/mol. The maximum absolute atomic E-state index is 13.6. The molecule has 0 saturated carbocycles. The van der Waals surface area contributed by atoms with Gasteiger partial charge in [0.05, 0.1) is 5.56 Å². The van der Waals surface area contributed by atoms with Gasteiger partial charge in [-0.3, -0.25) is 4.79 Å². The van der Waals surface area contributed by atoms with Gasteiger partial charge in [-0.15, -0.1) is 12.4 Å². The van der Waals surface area contributed by atoms with Crippen LogP contribution >= 0.6 is 24.0 Å². The van der Waals surface area contributed by atoms with Crippen molar-refractivity contribution in [2.24, 2.45) is 11.7 Å². The van der Waals surface area contributed by atoms with Crippen molar-refractivity contribution in [1.82, 2.24) is 4.90 Å². The van der Waals surface area contributed by atoms with E-state index in [4.69, 9.17) is 17.3 Å². The quantitative estimate of drug-likeness (QED) is 0.903. The third-order valence-corrected chi connectivity index (χ3v) is 3.39. The van der Waals surface area contributed by atoms with Crippen molar-refractivity contribution in [3.8, 4) is 0 Å². The molecule has 1 unspecified atom stereocenters. The summed E-state index contributed by atoms with van der Waals surface area (Å²) in [6, 6.07) is 3.99. The highest BCUT2D eigenvalue weighted by Gasteiger charge is 2.18. The minimum Gasteiger partial charge on any atom is -0.342 e. The summed E-state index contributed by atoms with van der Waals surface area (Å²) in [5.41, 5.74) is 5.92. The number of hydrogen-bond acceptors (Lipinski definition) is 2. The lowest BCUT2D eigenvalue weighted by atomic mass is 10.0. The van der Waals surface area contributed by atoms with Crippen LogP contribution < -0.4 is 5.73 Å². The first-order valence-corrected chi connectivity index (χ1v) is 6.66. The van der Waals surface area contributed by atoms with Gasteiger partial charge >= 0.3 is 0 Å². The number of hydrogen-bond donors (Lipinski definition) is 1. The highest BCUT2D eigenvalue weighted by molar-refractivity contribution is 6.30. The van der Waals surface area contributed by atoms with Crippen molar-refractivity contribution in [2.75, 3.05) is 13.6 Å². The Labute approximate surface area is 130 Å². The molecule has 2 N–H and O–H groups in total. The van der Waals surface area contributed by atoms with E-state index in [1.807, 2.05) is 13.8 Å². The summed E-state index contributed by atoms with van der Waals surface area (Å²) in [5.74, 6) is -0.586. The van der Waals surface area contributed by atoms with E-state index in [1.54, 1.807) is 7.05 Å². The van der Waals surface area contributed by atoms with Gasteiger partial charge in [-0.2, -0.15) is 0 Å². The fourth-order valence-electron chi connectivity index (χ4n) is 1.64. The SMILES string of the molecule is CC(C)C(N)CCN(C)C(=O)c1cc(Cl)ccc1F.Cl. The van der Waals surface area contributed by atoms with Crippen LogP contribution in [0.4, 0.5) is 4.39 Å². The van der Waals surface area contributed by atoms with Crippen molar-refractivity contribution in [3.05, 3.63) is 34.6 Å². The molecule has 20 heavy (non-hydrogen) atoms. The molecule has 114 valence electrons. The van der Waals surface area contributed by atoms with Gasteiger partial charge in [0.15, 0.2) is 0 Å². The zero-order chi connectivity index (χ0) is 14.6. The topological polar surface area (TPSA) is 46.3 Å². The van der Waals surface area contributed by atoms with Crippen LogP contribution in [0.3, 0.4) is 0 Å². The Morgan fingerprint density at radius 3 is 2.60 bits per heavy atom. The van der Waals surface area contributed by atoms with Crippen LogP contribution in [-0.2, 0) is 0 Å². The van der Waals surface area contributed by atoms with Gasteiger partial charge in [-0.25, -0.2) is 4.39 Å². The van der Waals surface area contributed by atoms with Gasteiger partial charge < -0.3 is 10.6 Å². The Kier molecular flexibility index (Phi) is 8.09. The summed E-state index contributed by atoms with van der Waals surface area (Å²) in [7, 11) is 1.63. The van der Waals surface area contributed by atoms with Crippen molar-refractivity contribution >= 4 is 29.9 Å². The molecule has 0 spiro atoms. The van der Waals surface area contributed by atoms with Gasteiger partial charge in [0.1, 0.15) is 5.82 Å². The zero-order valence-electron chi connectivity index (χ0n) is 11.9. The summed E-state index contributed by atoms with van der Waals surface area (Å²) in [6.07, 6.45) is 0.683. The maximum Gasteiger partial charge on any atom is 0.256 e. The van der Waals surface area contributed by atoms with Gasteiger partial charge in [-0.05, 0) is 30.5 Å². The second kappa shape index (κ2) is 8.45. The molecular formula is C14H21Cl2FN2O. The molecule has 1 aromatic carbocycles. The summed E-state index contributed by atoms with van der Waals surface area (Å²) in [6.45, 7) is 4.55. The Morgan fingerprint density at radius 2 is 2.05 bits per heavy atom. The second-order valence-electron chi connectivity index (χ2n) is 5.05. The molecule has 0 fully saturated rings. The van der Waals surface area contributed by atoms with Crippen molar-refractivity contribution in [2.45, 2.75) is 26.3 Å². The fourth-order valence-corrected chi connectivity index (χ4v) is 1.82. The summed E-state index contributed by atoms with van der Waals surface area (Å²) in [5, 5.41) is 0.344. The maximum atomic E-state index is 13.6. The molecular weight excluding hydrogens is 302 g/mol. The molecule has 0 aliphatic carbocycles. The van der Waals surface area contributed by atoms with E-state index in [9.17, 15) is 9.18 Å². The molecule has 0 saturated heterocycles.